The molecule has 0 aliphatic carbocycles. The Morgan fingerprint density at radius 2 is 2.15 bits per heavy atom. The van der Waals surface area contributed by atoms with E-state index >= 15 is 0 Å². The van der Waals surface area contributed by atoms with Crippen LogP contribution in [0.5, 0.6) is 0 Å². The molecule has 1 aromatic carbocycles. The van der Waals surface area contributed by atoms with Crippen LogP contribution in [0.4, 0.5) is 10.2 Å². The number of nitrogens with one attached hydrogen (secondary N) is 1. The van der Waals surface area contributed by atoms with Crippen molar-refractivity contribution in [2.24, 2.45) is 12.8 Å². The highest BCUT2D eigenvalue weighted by atomic mass is 32.2. The van der Waals surface area contributed by atoms with Crippen LogP contribution >= 0.6 is 12.2 Å². The molecule has 0 aliphatic rings. The number of hydrogen-bond acceptors (Lipinski definition) is 4. The quantitative estimate of drug-likeness (QED) is 0.822. The first kappa shape index (κ1) is 14.4. The molecule has 0 atom stereocenters. The number of aromatic nitrogens is 2. The lowest BCUT2D eigenvalue weighted by Gasteiger charge is -2.07. The molecular weight excluding hydrogens is 303 g/mol. The molecule has 0 saturated carbocycles. The third-order valence-corrected chi connectivity index (χ3v) is 4.04. The van der Waals surface area contributed by atoms with E-state index in [1.165, 1.54) is 10.7 Å². The van der Waals surface area contributed by atoms with Gasteiger partial charge in [0.15, 0.2) is 5.82 Å². The minimum absolute atomic E-state index is 0.121. The summed E-state index contributed by atoms with van der Waals surface area (Å²) < 4.78 is 41.4. The van der Waals surface area contributed by atoms with Crippen molar-refractivity contribution in [3.05, 3.63) is 41.8 Å². The number of aryl methyl sites for hydroxylation is 1. The van der Waals surface area contributed by atoms with E-state index in [-0.39, 0.29) is 21.3 Å². The van der Waals surface area contributed by atoms with Gasteiger partial charge in [0, 0.05) is 24.9 Å². The molecule has 1 aromatic heterocycles. The van der Waals surface area contributed by atoms with Crippen LogP contribution in [0.3, 0.4) is 0 Å². The third-order valence-electron chi connectivity index (χ3n) is 2.47. The van der Waals surface area contributed by atoms with Crippen molar-refractivity contribution in [3.8, 4) is 0 Å². The van der Waals surface area contributed by atoms with Crippen LogP contribution in [0, 0.1) is 5.82 Å². The van der Waals surface area contributed by atoms with E-state index in [0.717, 1.165) is 18.2 Å². The van der Waals surface area contributed by atoms with E-state index in [9.17, 15) is 12.8 Å². The maximum Gasteiger partial charge on any atom is 0.263 e. The molecule has 106 valence electrons. The number of benzene rings is 1. The zero-order valence-electron chi connectivity index (χ0n) is 10.4. The fourth-order valence-corrected chi connectivity index (χ4v) is 2.71. The summed E-state index contributed by atoms with van der Waals surface area (Å²) in [6.45, 7) is 0. The van der Waals surface area contributed by atoms with Crippen LogP contribution in [0.1, 0.15) is 5.56 Å². The summed E-state index contributed by atoms with van der Waals surface area (Å²) in [7, 11) is -2.23. The molecule has 2 aromatic rings. The summed E-state index contributed by atoms with van der Waals surface area (Å²) in [6.07, 6.45) is 1.59. The van der Waals surface area contributed by atoms with Gasteiger partial charge in [-0.2, -0.15) is 5.10 Å². The van der Waals surface area contributed by atoms with Crippen LogP contribution in [0.25, 0.3) is 0 Å². The van der Waals surface area contributed by atoms with Crippen molar-refractivity contribution < 1.29 is 12.8 Å². The summed E-state index contributed by atoms with van der Waals surface area (Å²) in [5.74, 6) is -0.511. The molecule has 0 saturated heterocycles. The van der Waals surface area contributed by atoms with E-state index in [1.54, 1.807) is 13.2 Å². The van der Waals surface area contributed by atoms with E-state index in [0.29, 0.717) is 0 Å². The van der Waals surface area contributed by atoms with Gasteiger partial charge in [0.2, 0.25) is 0 Å². The molecule has 6 nitrogen and oxygen atoms in total. The van der Waals surface area contributed by atoms with Crippen LogP contribution in [0.2, 0.25) is 0 Å². The highest BCUT2D eigenvalue weighted by molar-refractivity contribution is 7.92. The Labute approximate surface area is 120 Å². The van der Waals surface area contributed by atoms with Crippen LogP contribution < -0.4 is 10.5 Å². The molecule has 1 heterocycles. The predicted octanol–water partition coefficient (Wildman–Crippen LogP) is 0.994. The van der Waals surface area contributed by atoms with Crippen LogP contribution in [-0.4, -0.2) is 23.2 Å². The van der Waals surface area contributed by atoms with Crippen molar-refractivity contribution in [3.63, 3.8) is 0 Å². The Morgan fingerprint density at radius 1 is 1.45 bits per heavy atom. The second-order valence-corrected chi connectivity index (χ2v) is 6.11. The Bertz CT molecular complexity index is 770. The first-order valence-corrected chi connectivity index (χ1v) is 7.30. The summed E-state index contributed by atoms with van der Waals surface area (Å²) in [5.41, 5.74) is 5.22. The number of rotatable bonds is 4. The highest BCUT2D eigenvalue weighted by Crippen LogP contribution is 2.18. The number of thiocarbonyl (C=S) groups is 1. The van der Waals surface area contributed by atoms with Crippen molar-refractivity contribution in [1.82, 2.24) is 9.78 Å². The number of halogens is 1. The summed E-state index contributed by atoms with van der Waals surface area (Å²) in [6, 6.07) is 4.71. The van der Waals surface area contributed by atoms with Crippen molar-refractivity contribution in [1.29, 1.82) is 0 Å². The largest absolute Gasteiger partial charge is 0.389 e. The molecular formula is C11H11FN4O2S2. The lowest BCUT2D eigenvalue weighted by molar-refractivity contribution is 0.599. The van der Waals surface area contributed by atoms with Gasteiger partial charge in [0.1, 0.15) is 10.8 Å². The molecule has 0 bridgehead atoms. The minimum atomic E-state index is -3.88. The van der Waals surface area contributed by atoms with Gasteiger partial charge in [0.05, 0.1) is 4.90 Å². The average Bonchev–Trinajstić information content (AvgIpc) is 2.73. The SMILES string of the molecule is Cn1ccc(NS(=O)(=O)c2ccc(F)c(C(N)=S)c2)n1. The molecule has 0 unspecified atom stereocenters. The smallest absolute Gasteiger partial charge is 0.263 e. The summed E-state index contributed by atoms with van der Waals surface area (Å²) in [5, 5.41) is 3.90. The maximum atomic E-state index is 13.4. The van der Waals surface area contributed by atoms with Crippen molar-refractivity contribution >= 4 is 33.0 Å². The Kier molecular flexibility index (Phi) is 3.73. The zero-order valence-corrected chi connectivity index (χ0v) is 12.0. The van der Waals surface area contributed by atoms with Crippen molar-refractivity contribution in [2.75, 3.05) is 4.72 Å². The predicted molar refractivity (Wildman–Crippen MR) is 76.3 cm³/mol. The molecule has 0 fully saturated rings. The summed E-state index contributed by atoms with van der Waals surface area (Å²) in [4.78, 5) is -0.357. The van der Waals surface area contributed by atoms with Gasteiger partial charge in [-0.1, -0.05) is 12.2 Å². The molecule has 2 rings (SSSR count). The first-order valence-electron chi connectivity index (χ1n) is 5.41. The molecule has 0 spiro atoms. The molecule has 0 amide bonds. The van der Waals surface area contributed by atoms with Gasteiger partial charge >= 0.3 is 0 Å². The van der Waals surface area contributed by atoms with E-state index in [2.05, 4.69) is 22.0 Å². The Hall–Kier alpha value is -2.00. The van der Waals surface area contributed by atoms with E-state index in [1.807, 2.05) is 0 Å². The Morgan fingerprint density at radius 3 is 2.70 bits per heavy atom. The molecule has 3 N–H and O–H groups in total. The third kappa shape index (κ3) is 2.94. The molecule has 0 radical (unpaired) electrons. The fourth-order valence-electron chi connectivity index (χ4n) is 1.53. The van der Waals surface area contributed by atoms with Crippen LogP contribution in [-0.2, 0) is 17.1 Å². The standard InChI is InChI=1S/C11H11FN4O2S2/c1-16-5-4-10(14-16)15-20(17,18)7-2-3-9(12)8(6-7)11(13)19/h2-6H,1H3,(H2,13,19)(H,14,15). The Balaban J connectivity index is 2.39. The number of hydrogen-bond donors (Lipinski definition) is 2. The van der Waals surface area contributed by atoms with Gasteiger partial charge < -0.3 is 5.73 Å². The highest BCUT2D eigenvalue weighted by Gasteiger charge is 2.18. The lowest BCUT2D eigenvalue weighted by atomic mass is 10.2. The van der Waals surface area contributed by atoms with Crippen molar-refractivity contribution in [2.45, 2.75) is 4.90 Å². The van der Waals surface area contributed by atoms with Gasteiger partial charge in [0.25, 0.3) is 10.0 Å². The number of anilines is 1. The fraction of sp³-hybridized carbons (Fsp3) is 0.0909. The maximum absolute atomic E-state index is 13.4. The second kappa shape index (κ2) is 5.17. The van der Waals surface area contributed by atoms with Gasteiger partial charge in [-0.05, 0) is 18.2 Å². The van der Waals surface area contributed by atoms with Gasteiger partial charge in [-0.25, -0.2) is 12.8 Å². The number of sulfonamides is 1. The van der Waals surface area contributed by atoms with Gasteiger partial charge in [-0.3, -0.25) is 9.40 Å². The van der Waals surface area contributed by atoms with Gasteiger partial charge in [-0.15, -0.1) is 0 Å². The molecule has 0 aliphatic heterocycles. The zero-order chi connectivity index (χ0) is 14.9. The molecule has 20 heavy (non-hydrogen) atoms. The number of nitrogens with zero attached hydrogens (tertiary/aromatic N) is 2. The minimum Gasteiger partial charge on any atom is -0.389 e. The second-order valence-electron chi connectivity index (χ2n) is 3.99. The molecule has 9 heteroatoms. The topological polar surface area (TPSA) is 90.0 Å². The normalized spacial score (nSPS) is 11.3. The lowest BCUT2D eigenvalue weighted by Crippen LogP contribution is -2.17. The average molecular weight is 314 g/mol. The number of nitrogens with two attached hydrogens (primary N) is 1. The van der Waals surface area contributed by atoms with Crippen LogP contribution in [0.15, 0.2) is 35.4 Å². The monoisotopic (exact) mass is 314 g/mol. The first-order chi connectivity index (χ1) is 9.29. The van der Waals surface area contributed by atoms with E-state index < -0.39 is 15.8 Å². The summed E-state index contributed by atoms with van der Waals surface area (Å²) >= 11 is 4.67. The van der Waals surface area contributed by atoms with E-state index in [4.69, 9.17) is 5.73 Å².